The zero-order valence-corrected chi connectivity index (χ0v) is 8.75. The van der Waals surface area contributed by atoms with E-state index in [0.717, 1.165) is 10.0 Å². The van der Waals surface area contributed by atoms with Crippen LogP contribution in [0.3, 0.4) is 0 Å². The summed E-state index contributed by atoms with van der Waals surface area (Å²) < 4.78 is 1.00. The average molecular weight is 253 g/mol. The van der Waals surface area contributed by atoms with Gasteiger partial charge in [-0.25, -0.2) is 0 Å². The highest BCUT2D eigenvalue weighted by molar-refractivity contribution is 9.10. The Kier molecular flexibility index (Phi) is 3.70. The summed E-state index contributed by atoms with van der Waals surface area (Å²) in [5.41, 5.74) is 1.09. The highest BCUT2D eigenvalue weighted by atomic mass is 79.9. The van der Waals surface area contributed by atoms with Crippen molar-refractivity contribution >= 4 is 39.1 Å². The van der Waals surface area contributed by atoms with Crippen molar-refractivity contribution in [3.63, 3.8) is 0 Å². The van der Waals surface area contributed by atoms with E-state index in [1.54, 1.807) is 0 Å². The Balaban J connectivity index is 2.71. The number of rotatable bonds is 2. The third-order valence-electron chi connectivity index (χ3n) is 1.20. The largest absolute Gasteiger partial charge is 0.111 e. The van der Waals surface area contributed by atoms with Crippen molar-refractivity contribution < 1.29 is 0 Å². The highest BCUT2D eigenvalue weighted by Gasteiger charge is 2.00. The van der Waals surface area contributed by atoms with Crippen LogP contribution in [0.2, 0.25) is 0 Å². The third kappa shape index (κ3) is 3.46. The second kappa shape index (κ2) is 4.34. The minimum absolute atomic E-state index is 0.335. The van der Waals surface area contributed by atoms with E-state index >= 15 is 0 Å². The fourth-order valence-corrected chi connectivity index (χ4v) is 1.57. The summed E-state index contributed by atoms with van der Waals surface area (Å²) >= 11 is 14.5. The first-order chi connectivity index (χ1) is 5.18. The Labute approximate surface area is 84.6 Å². The van der Waals surface area contributed by atoms with E-state index in [2.05, 4.69) is 22.0 Å². The molecule has 1 radical (unpaired) electrons. The molecule has 0 atom stereocenters. The van der Waals surface area contributed by atoms with Crippen LogP contribution in [-0.4, -0.2) is 4.84 Å². The summed E-state index contributed by atoms with van der Waals surface area (Å²) in [6.45, 7) is 0. The topological polar surface area (TPSA) is 0 Å². The molecule has 0 saturated carbocycles. The molecule has 11 heavy (non-hydrogen) atoms. The third-order valence-corrected chi connectivity index (χ3v) is 1.97. The normalized spacial score (nSPS) is 10.5. The van der Waals surface area contributed by atoms with Crippen LogP contribution < -0.4 is 0 Å². The average Bonchev–Trinajstić information content (AvgIpc) is 1.85. The molecule has 0 heterocycles. The summed E-state index contributed by atoms with van der Waals surface area (Å²) in [6, 6.07) is 8.68. The van der Waals surface area contributed by atoms with E-state index in [1.165, 1.54) is 0 Å². The molecule has 0 unspecified atom stereocenters. The predicted molar refractivity (Wildman–Crippen MR) is 52.2 cm³/mol. The molecule has 0 aliphatic rings. The first kappa shape index (κ1) is 9.37. The molecule has 3 heteroatoms. The van der Waals surface area contributed by atoms with E-state index in [9.17, 15) is 0 Å². The van der Waals surface area contributed by atoms with Crippen LogP contribution in [-0.2, 0) is 6.42 Å². The Morgan fingerprint density at radius 2 is 2.18 bits per heavy atom. The monoisotopic (exact) mass is 251 g/mol. The van der Waals surface area contributed by atoms with Crippen molar-refractivity contribution in [1.29, 1.82) is 0 Å². The van der Waals surface area contributed by atoms with Crippen molar-refractivity contribution in [1.82, 2.24) is 0 Å². The molecule has 0 spiro atoms. The zero-order chi connectivity index (χ0) is 8.27. The van der Waals surface area contributed by atoms with Gasteiger partial charge in [-0.05, 0) is 23.8 Å². The van der Waals surface area contributed by atoms with Crippen LogP contribution >= 0.6 is 39.1 Å². The second-order valence-corrected chi connectivity index (χ2v) is 4.35. The van der Waals surface area contributed by atoms with Crippen molar-refractivity contribution in [3.05, 3.63) is 34.3 Å². The van der Waals surface area contributed by atoms with Gasteiger partial charge in [0.15, 0.2) is 0 Å². The predicted octanol–water partition coefficient (Wildman–Crippen LogP) is 3.60. The summed E-state index contributed by atoms with van der Waals surface area (Å²) in [4.78, 5) is -0.335. The summed E-state index contributed by atoms with van der Waals surface area (Å²) in [6.07, 6.45) is 0.666. The lowest BCUT2D eigenvalue weighted by atomic mass is 10.2. The number of benzene rings is 1. The fraction of sp³-hybridized carbons (Fsp3) is 0.250. The lowest BCUT2D eigenvalue weighted by molar-refractivity contribution is 1.08. The van der Waals surface area contributed by atoms with Gasteiger partial charge in [-0.3, -0.25) is 0 Å². The number of hydrogen-bond acceptors (Lipinski definition) is 0. The number of halogens is 3. The molecule has 1 rings (SSSR count). The zero-order valence-electron chi connectivity index (χ0n) is 5.65. The van der Waals surface area contributed by atoms with E-state index < -0.39 is 0 Å². The van der Waals surface area contributed by atoms with Crippen LogP contribution in [0, 0.1) is 6.07 Å². The molecule has 59 valence electrons. The maximum absolute atomic E-state index is 5.60. The summed E-state index contributed by atoms with van der Waals surface area (Å²) in [5.74, 6) is 0. The lowest BCUT2D eigenvalue weighted by Crippen LogP contribution is -1.93. The summed E-state index contributed by atoms with van der Waals surface area (Å²) in [5, 5.41) is 0. The first-order valence-electron chi connectivity index (χ1n) is 3.12. The molecule has 0 nitrogen and oxygen atoms in total. The molecular weight excluding hydrogens is 247 g/mol. The van der Waals surface area contributed by atoms with Crippen molar-refractivity contribution in [3.8, 4) is 0 Å². The van der Waals surface area contributed by atoms with Gasteiger partial charge in [0.1, 0.15) is 4.84 Å². The van der Waals surface area contributed by atoms with Crippen molar-refractivity contribution in [2.45, 2.75) is 11.3 Å². The standard InChI is InChI=1S/C8H6BrCl2/c9-7-3-1-2-6(4-7)5-8(10)11/h2-4,8H,5H2. The van der Waals surface area contributed by atoms with Crippen LogP contribution in [0.15, 0.2) is 22.7 Å². The van der Waals surface area contributed by atoms with E-state index in [-0.39, 0.29) is 4.84 Å². The van der Waals surface area contributed by atoms with Crippen LogP contribution in [0.1, 0.15) is 5.56 Å². The lowest BCUT2D eigenvalue weighted by Gasteiger charge is -2.00. The minimum Gasteiger partial charge on any atom is -0.105 e. The molecule has 0 bridgehead atoms. The number of alkyl halides is 2. The Morgan fingerprint density at radius 1 is 1.45 bits per heavy atom. The van der Waals surface area contributed by atoms with Gasteiger partial charge >= 0.3 is 0 Å². The summed E-state index contributed by atoms with van der Waals surface area (Å²) in [7, 11) is 0. The molecule has 0 aromatic heterocycles. The quantitative estimate of drug-likeness (QED) is 0.706. The Morgan fingerprint density at radius 3 is 2.73 bits per heavy atom. The van der Waals surface area contributed by atoms with Crippen molar-refractivity contribution in [2.75, 3.05) is 0 Å². The van der Waals surface area contributed by atoms with Crippen LogP contribution in [0.4, 0.5) is 0 Å². The van der Waals surface area contributed by atoms with E-state index in [4.69, 9.17) is 23.2 Å². The van der Waals surface area contributed by atoms with Crippen LogP contribution in [0.5, 0.6) is 0 Å². The molecule has 0 amide bonds. The van der Waals surface area contributed by atoms with Gasteiger partial charge in [0.2, 0.25) is 0 Å². The van der Waals surface area contributed by atoms with Gasteiger partial charge in [0.05, 0.1) is 0 Å². The molecule has 1 aromatic rings. The first-order valence-corrected chi connectivity index (χ1v) is 4.79. The molecule has 0 aliphatic heterocycles. The second-order valence-electron chi connectivity index (χ2n) is 2.15. The van der Waals surface area contributed by atoms with Gasteiger partial charge in [-0.15, -0.1) is 23.2 Å². The highest BCUT2D eigenvalue weighted by Crippen LogP contribution is 2.15. The maximum Gasteiger partial charge on any atom is 0.111 e. The molecular formula is C8H6BrCl2. The van der Waals surface area contributed by atoms with Gasteiger partial charge in [0, 0.05) is 10.9 Å². The van der Waals surface area contributed by atoms with Gasteiger partial charge in [-0.1, -0.05) is 22.0 Å². The molecule has 1 aromatic carbocycles. The SMILES string of the molecule is ClC(Cl)Cc1c[c]cc(Br)c1. The minimum atomic E-state index is -0.335. The van der Waals surface area contributed by atoms with Gasteiger partial charge in [0.25, 0.3) is 0 Å². The van der Waals surface area contributed by atoms with Gasteiger partial charge < -0.3 is 0 Å². The van der Waals surface area contributed by atoms with Gasteiger partial charge in [-0.2, -0.15) is 0 Å². The molecule has 0 fully saturated rings. The van der Waals surface area contributed by atoms with Crippen LogP contribution in [0.25, 0.3) is 0 Å². The van der Waals surface area contributed by atoms with E-state index in [0.29, 0.717) is 6.42 Å². The number of hydrogen-bond donors (Lipinski definition) is 0. The van der Waals surface area contributed by atoms with Crippen molar-refractivity contribution in [2.24, 2.45) is 0 Å². The molecule has 0 saturated heterocycles. The Bertz CT molecular complexity index is 235. The molecule has 0 aliphatic carbocycles. The Hall–Kier alpha value is 0.280. The molecule has 0 N–H and O–H groups in total. The van der Waals surface area contributed by atoms with E-state index in [1.807, 2.05) is 18.2 Å². The fourth-order valence-electron chi connectivity index (χ4n) is 0.785. The smallest absolute Gasteiger partial charge is 0.105 e. The maximum atomic E-state index is 5.60.